The number of para-hydroxylation sites is 1. The van der Waals surface area contributed by atoms with E-state index in [1.807, 2.05) is 67.5 Å². The molecule has 1 amide bonds. The maximum atomic E-state index is 12.5. The van der Waals surface area contributed by atoms with Crippen LogP contribution in [0.3, 0.4) is 0 Å². The van der Waals surface area contributed by atoms with Gasteiger partial charge in [0.2, 0.25) is 0 Å². The molecule has 5 nitrogen and oxygen atoms in total. The molecule has 0 aliphatic rings. The van der Waals surface area contributed by atoms with Gasteiger partial charge in [-0.25, -0.2) is 5.43 Å². The van der Waals surface area contributed by atoms with Crippen LogP contribution in [0, 0.1) is 0 Å². The summed E-state index contributed by atoms with van der Waals surface area (Å²) in [7, 11) is 3.96. The van der Waals surface area contributed by atoms with Gasteiger partial charge in [0, 0.05) is 30.4 Å². The lowest BCUT2D eigenvalue weighted by Crippen LogP contribution is -2.18. The second-order valence-corrected chi connectivity index (χ2v) is 6.97. The van der Waals surface area contributed by atoms with Crippen LogP contribution in [0.15, 0.2) is 77.9 Å². The molecule has 0 atom stereocenters. The number of ether oxygens (including phenoxy) is 1. The van der Waals surface area contributed by atoms with Gasteiger partial charge in [-0.2, -0.15) is 5.10 Å². The summed E-state index contributed by atoms with van der Waals surface area (Å²) in [6, 6.07) is 22.3. The van der Waals surface area contributed by atoms with Crippen molar-refractivity contribution in [1.82, 2.24) is 5.43 Å². The fourth-order valence-corrected chi connectivity index (χ4v) is 2.83. The van der Waals surface area contributed by atoms with Crippen molar-refractivity contribution >= 4 is 29.4 Å². The first-order chi connectivity index (χ1) is 14.0. The fraction of sp³-hybridized carbons (Fsp3) is 0.130. The molecule has 1 N–H and O–H groups in total. The number of anilines is 1. The summed E-state index contributed by atoms with van der Waals surface area (Å²) in [6.07, 6.45) is 1.60. The van der Waals surface area contributed by atoms with Gasteiger partial charge >= 0.3 is 0 Å². The van der Waals surface area contributed by atoms with Crippen LogP contribution in [-0.2, 0) is 6.61 Å². The zero-order valence-corrected chi connectivity index (χ0v) is 17.1. The Labute approximate surface area is 175 Å². The van der Waals surface area contributed by atoms with E-state index in [-0.39, 0.29) is 12.5 Å². The summed E-state index contributed by atoms with van der Waals surface area (Å²) in [4.78, 5) is 14.6. The Morgan fingerprint density at radius 1 is 1.03 bits per heavy atom. The predicted octanol–water partition coefficient (Wildman–Crippen LogP) is 4.75. The van der Waals surface area contributed by atoms with Crippen LogP contribution in [0.4, 0.5) is 5.69 Å². The van der Waals surface area contributed by atoms with Crippen molar-refractivity contribution in [1.29, 1.82) is 0 Å². The predicted molar refractivity (Wildman–Crippen MR) is 118 cm³/mol. The minimum absolute atomic E-state index is 0.269. The molecular formula is C23H22ClN3O2. The molecule has 0 aliphatic heterocycles. The minimum Gasteiger partial charge on any atom is -0.488 e. The number of hydrazone groups is 1. The highest BCUT2D eigenvalue weighted by Gasteiger charge is 2.12. The van der Waals surface area contributed by atoms with E-state index in [2.05, 4.69) is 10.5 Å². The number of rotatable bonds is 7. The normalized spacial score (nSPS) is 10.7. The van der Waals surface area contributed by atoms with Gasteiger partial charge in [-0.05, 0) is 35.9 Å². The SMILES string of the molecule is CN(C)c1ccc(/C=N/NC(=O)c2ccccc2OCc2ccccc2Cl)cc1. The van der Waals surface area contributed by atoms with Gasteiger partial charge in [-0.15, -0.1) is 0 Å². The number of benzene rings is 3. The Hall–Kier alpha value is -3.31. The molecule has 29 heavy (non-hydrogen) atoms. The maximum absolute atomic E-state index is 12.5. The molecule has 0 saturated carbocycles. The van der Waals surface area contributed by atoms with Crippen LogP contribution in [-0.4, -0.2) is 26.2 Å². The summed E-state index contributed by atoms with van der Waals surface area (Å²) in [5.74, 6) is 0.122. The number of hydrogen-bond donors (Lipinski definition) is 1. The molecule has 0 bridgehead atoms. The quantitative estimate of drug-likeness (QED) is 0.454. The number of nitrogens with one attached hydrogen (secondary N) is 1. The molecule has 0 aromatic heterocycles. The monoisotopic (exact) mass is 407 g/mol. The van der Waals surface area contributed by atoms with E-state index in [1.54, 1.807) is 30.5 Å². The molecule has 0 saturated heterocycles. The fourth-order valence-electron chi connectivity index (χ4n) is 2.64. The van der Waals surface area contributed by atoms with Gasteiger partial charge in [-0.3, -0.25) is 4.79 Å². The lowest BCUT2D eigenvalue weighted by Gasteiger charge is -2.12. The minimum atomic E-state index is -0.346. The average Bonchev–Trinajstić information content (AvgIpc) is 2.73. The number of carbonyl (C=O) groups is 1. The van der Waals surface area contributed by atoms with Crippen molar-refractivity contribution in [3.63, 3.8) is 0 Å². The molecule has 6 heteroatoms. The Morgan fingerprint density at radius 3 is 2.45 bits per heavy atom. The van der Waals surface area contributed by atoms with Crippen molar-refractivity contribution in [2.24, 2.45) is 5.10 Å². The van der Waals surface area contributed by atoms with E-state index in [0.29, 0.717) is 16.3 Å². The van der Waals surface area contributed by atoms with Gasteiger partial charge in [0.25, 0.3) is 5.91 Å². The van der Waals surface area contributed by atoms with E-state index >= 15 is 0 Å². The van der Waals surface area contributed by atoms with Crippen LogP contribution >= 0.6 is 11.6 Å². The zero-order valence-electron chi connectivity index (χ0n) is 16.3. The van der Waals surface area contributed by atoms with Crippen LogP contribution in [0.2, 0.25) is 5.02 Å². The average molecular weight is 408 g/mol. The van der Waals surface area contributed by atoms with Crippen LogP contribution in [0.5, 0.6) is 5.75 Å². The van der Waals surface area contributed by atoms with Crippen molar-refractivity contribution in [3.05, 3.63) is 94.5 Å². The summed E-state index contributed by atoms with van der Waals surface area (Å²) in [6.45, 7) is 0.269. The number of halogens is 1. The second-order valence-electron chi connectivity index (χ2n) is 6.56. The third-order valence-electron chi connectivity index (χ3n) is 4.26. The van der Waals surface area contributed by atoms with E-state index in [4.69, 9.17) is 16.3 Å². The molecule has 0 aliphatic carbocycles. The van der Waals surface area contributed by atoms with Crippen molar-refractivity contribution < 1.29 is 9.53 Å². The Balaban J connectivity index is 1.64. The first-order valence-corrected chi connectivity index (χ1v) is 9.48. The molecule has 0 unspecified atom stereocenters. The molecule has 0 heterocycles. The van der Waals surface area contributed by atoms with Gasteiger partial charge in [0.05, 0.1) is 11.8 Å². The Morgan fingerprint density at radius 2 is 1.72 bits per heavy atom. The largest absolute Gasteiger partial charge is 0.488 e. The third-order valence-corrected chi connectivity index (χ3v) is 4.63. The van der Waals surface area contributed by atoms with Crippen LogP contribution in [0.1, 0.15) is 21.5 Å². The van der Waals surface area contributed by atoms with Gasteiger partial charge in [0.1, 0.15) is 12.4 Å². The standard InChI is InChI=1S/C23H22ClN3O2/c1-27(2)19-13-11-17(12-14-19)15-25-26-23(28)20-8-4-6-10-22(20)29-16-18-7-3-5-9-21(18)24/h3-15H,16H2,1-2H3,(H,26,28)/b25-15+. The maximum Gasteiger partial charge on any atom is 0.275 e. The van der Waals surface area contributed by atoms with Crippen molar-refractivity contribution in [2.75, 3.05) is 19.0 Å². The smallest absolute Gasteiger partial charge is 0.275 e. The highest BCUT2D eigenvalue weighted by atomic mass is 35.5. The van der Waals surface area contributed by atoms with E-state index in [0.717, 1.165) is 16.8 Å². The van der Waals surface area contributed by atoms with Crippen molar-refractivity contribution in [2.45, 2.75) is 6.61 Å². The Bertz CT molecular complexity index is 1000. The summed E-state index contributed by atoms with van der Waals surface area (Å²) in [5.41, 5.74) is 5.78. The van der Waals surface area contributed by atoms with E-state index in [1.165, 1.54) is 0 Å². The highest BCUT2D eigenvalue weighted by molar-refractivity contribution is 6.31. The number of nitrogens with zero attached hydrogens (tertiary/aromatic N) is 2. The van der Waals surface area contributed by atoms with E-state index < -0.39 is 0 Å². The lowest BCUT2D eigenvalue weighted by molar-refractivity contribution is 0.0950. The van der Waals surface area contributed by atoms with Crippen LogP contribution in [0.25, 0.3) is 0 Å². The first kappa shape index (κ1) is 20.4. The van der Waals surface area contributed by atoms with Gasteiger partial charge in [-0.1, -0.05) is 54.1 Å². The van der Waals surface area contributed by atoms with Gasteiger partial charge in [0.15, 0.2) is 0 Å². The summed E-state index contributed by atoms with van der Waals surface area (Å²) >= 11 is 6.17. The molecule has 3 aromatic rings. The molecule has 0 radical (unpaired) electrons. The highest BCUT2D eigenvalue weighted by Crippen LogP contribution is 2.22. The molecule has 148 valence electrons. The van der Waals surface area contributed by atoms with Crippen molar-refractivity contribution in [3.8, 4) is 5.75 Å². The zero-order chi connectivity index (χ0) is 20.6. The van der Waals surface area contributed by atoms with Crippen LogP contribution < -0.4 is 15.1 Å². The number of hydrogen-bond acceptors (Lipinski definition) is 4. The summed E-state index contributed by atoms with van der Waals surface area (Å²) in [5, 5.41) is 4.68. The molecule has 0 fully saturated rings. The first-order valence-electron chi connectivity index (χ1n) is 9.10. The topological polar surface area (TPSA) is 53.9 Å². The summed E-state index contributed by atoms with van der Waals surface area (Å²) < 4.78 is 5.82. The van der Waals surface area contributed by atoms with Gasteiger partial charge < -0.3 is 9.64 Å². The molecule has 3 rings (SSSR count). The molecular weight excluding hydrogens is 386 g/mol. The number of carbonyl (C=O) groups excluding carboxylic acids is 1. The van der Waals surface area contributed by atoms with E-state index in [9.17, 15) is 4.79 Å². The molecule has 0 spiro atoms. The molecule has 3 aromatic carbocycles. The lowest BCUT2D eigenvalue weighted by atomic mass is 10.2. The Kier molecular flexibility index (Phi) is 6.87. The second kappa shape index (κ2) is 9.75. The number of amides is 1. The third kappa shape index (κ3) is 5.59.